The molecule has 0 aliphatic carbocycles. The van der Waals surface area contributed by atoms with Crippen molar-refractivity contribution in [1.82, 2.24) is 10.6 Å². The van der Waals surface area contributed by atoms with Gasteiger partial charge in [0.05, 0.1) is 24.8 Å². The van der Waals surface area contributed by atoms with Gasteiger partial charge in [-0.05, 0) is 55.5 Å². The number of para-hydroxylation sites is 1. The van der Waals surface area contributed by atoms with Gasteiger partial charge < -0.3 is 25.4 Å². The molecule has 1 atom stereocenters. The number of methoxy groups -OCH3 is 1. The topological polar surface area (TPSA) is 88.7 Å². The average Bonchev–Trinajstić information content (AvgIpc) is 2.73. The van der Waals surface area contributed by atoms with Crippen molar-refractivity contribution in [2.24, 2.45) is 0 Å². The number of carbonyl (C=O) groups is 2. The van der Waals surface area contributed by atoms with Crippen LogP contribution in [0.4, 0.5) is 5.69 Å². The van der Waals surface area contributed by atoms with Crippen LogP contribution in [0.15, 0.2) is 48.5 Å². The molecule has 0 aliphatic rings. The highest BCUT2D eigenvalue weighted by atomic mass is 35.6. The standard InChI is InChI=1S/C20H20Cl3N3O4S/c1-3-30-17(28)12-8-10-13(11-9-12)24-19(31)26-18(20(21,22)23)25-16(27)14-6-4-5-7-15(14)29-2/h4-11,18H,3H2,1-2H3,(H,25,27)(H2,24,26,31)/t18-/m0/s1. The molecule has 2 aromatic rings. The van der Waals surface area contributed by atoms with Crippen molar-refractivity contribution in [1.29, 1.82) is 0 Å². The second-order valence-electron chi connectivity index (χ2n) is 6.04. The zero-order valence-corrected chi connectivity index (χ0v) is 19.7. The monoisotopic (exact) mass is 503 g/mol. The first kappa shape index (κ1) is 25.0. The van der Waals surface area contributed by atoms with Gasteiger partial charge in [0.25, 0.3) is 5.91 Å². The van der Waals surface area contributed by atoms with Crippen molar-refractivity contribution >= 4 is 69.7 Å². The van der Waals surface area contributed by atoms with Crippen LogP contribution in [0.25, 0.3) is 0 Å². The summed E-state index contributed by atoms with van der Waals surface area (Å²) >= 11 is 23.3. The molecule has 31 heavy (non-hydrogen) atoms. The lowest BCUT2D eigenvalue weighted by molar-refractivity contribution is 0.0526. The molecule has 1 amide bonds. The maximum absolute atomic E-state index is 12.7. The van der Waals surface area contributed by atoms with Gasteiger partial charge in [0.2, 0.25) is 3.79 Å². The van der Waals surface area contributed by atoms with Crippen LogP contribution in [0.1, 0.15) is 27.6 Å². The van der Waals surface area contributed by atoms with Gasteiger partial charge in [-0.3, -0.25) is 4.79 Å². The van der Waals surface area contributed by atoms with Crippen LogP contribution in [0.3, 0.4) is 0 Å². The highest BCUT2D eigenvalue weighted by Gasteiger charge is 2.35. The molecular weight excluding hydrogens is 485 g/mol. The van der Waals surface area contributed by atoms with E-state index in [4.69, 9.17) is 56.5 Å². The van der Waals surface area contributed by atoms with Gasteiger partial charge in [-0.25, -0.2) is 4.79 Å². The summed E-state index contributed by atoms with van der Waals surface area (Å²) in [6.45, 7) is 2.01. The van der Waals surface area contributed by atoms with Gasteiger partial charge in [0.15, 0.2) is 5.11 Å². The maximum atomic E-state index is 12.7. The van der Waals surface area contributed by atoms with Gasteiger partial charge in [-0.15, -0.1) is 0 Å². The molecule has 0 fully saturated rings. The Morgan fingerprint density at radius 3 is 2.29 bits per heavy atom. The van der Waals surface area contributed by atoms with E-state index in [1.165, 1.54) is 7.11 Å². The molecular formula is C20H20Cl3N3O4S. The van der Waals surface area contributed by atoms with E-state index in [0.717, 1.165) is 0 Å². The third-order valence-corrected chi connectivity index (χ3v) is 4.76. The highest BCUT2D eigenvalue weighted by molar-refractivity contribution is 7.80. The summed E-state index contributed by atoms with van der Waals surface area (Å²) in [5.41, 5.74) is 1.23. The van der Waals surface area contributed by atoms with Gasteiger partial charge >= 0.3 is 5.97 Å². The third-order valence-electron chi connectivity index (χ3n) is 3.88. The smallest absolute Gasteiger partial charge is 0.338 e. The number of hydrogen-bond donors (Lipinski definition) is 3. The molecule has 11 heteroatoms. The number of ether oxygens (including phenoxy) is 2. The second kappa shape index (κ2) is 11.4. The van der Waals surface area contributed by atoms with Gasteiger partial charge in [0.1, 0.15) is 11.9 Å². The lowest BCUT2D eigenvalue weighted by Gasteiger charge is -2.28. The Hall–Kier alpha value is -2.26. The Bertz CT molecular complexity index is 936. The van der Waals surface area contributed by atoms with Crippen molar-refractivity contribution in [2.75, 3.05) is 19.0 Å². The average molecular weight is 505 g/mol. The van der Waals surface area contributed by atoms with Crippen LogP contribution in [0.2, 0.25) is 0 Å². The number of carbonyl (C=O) groups excluding carboxylic acids is 2. The predicted molar refractivity (Wildman–Crippen MR) is 126 cm³/mol. The Balaban J connectivity index is 2.06. The minimum Gasteiger partial charge on any atom is -0.496 e. The molecule has 2 aromatic carbocycles. The normalized spacial score (nSPS) is 11.8. The zero-order chi connectivity index (χ0) is 23.0. The van der Waals surface area contributed by atoms with Gasteiger partial charge in [-0.2, -0.15) is 0 Å². The third kappa shape index (κ3) is 7.43. The predicted octanol–water partition coefficient (Wildman–Crippen LogP) is 4.28. The first-order valence-electron chi connectivity index (χ1n) is 9.01. The van der Waals surface area contributed by atoms with Crippen LogP contribution < -0.4 is 20.7 Å². The summed E-state index contributed by atoms with van der Waals surface area (Å²) in [7, 11) is 1.45. The zero-order valence-electron chi connectivity index (χ0n) is 16.6. The molecule has 0 bridgehead atoms. The van der Waals surface area contributed by atoms with Crippen LogP contribution in [0, 0.1) is 0 Å². The maximum Gasteiger partial charge on any atom is 0.338 e. The first-order valence-corrected chi connectivity index (χ1v) is 10.5. The summed E-state index contributed by atoms with van der Waals surface area (Å²) in [5, 5.41) is 8.33. The summed E-state index contributed by atoms with van der Waals surface area (Å²) in [6.07, 6.45) is -1.16. The van der Waals surface area contributed by atoms with Crippen LogP contribution >= 0.6 is 47.0 Å². The Labute approximate surface area is 200 Å². The van der Waals surface area contributed by atoms with Gasteiger partial charge in [-0.1, -0.05) is 46.9 Å². The molecule has 0 heterocycles. The number of amides is 1. The fourth-order valence-corrected chi connectivity index (χ4v) is 3.01. The molecule has 0 unspecified atom stereocenters. The Kier molecular flexibility index (Phi) is 9.18. The fraction of sp³-hybridized carbons (Fsp3) is 0.250. The lowest BCUT2D eigenvalue weighted by atomic mass is 10.2. The largest absolute Gasteiger partial charge is 0.496 e. The highest BCUT2D eigenvalue weighted by Crippen LogP contribution is 2.30. The quantitative estimate of drug-likeness (QED) is 0.224. The number of benzene rings is 2. The number of thiocarbonyl (C=S) groups is 1. The summed E-state index contributed by atoms with van der Waals surface area (Å²) in [4.78, 5) is 24.4. The number of hydrogen-bond acceptors (Lipinski definition) is 5. The summed E-state index contributed by atoms with van der Waals surface area (Å²) < 4.78 is 8.20. The van der Waals surface area contributed by atoms with E-state index in [1.54, 1.807) is 55.5 Å². The number of esters is 1. The summed E-state index contributed by atoms with van der Waals surface area (Å²) in [6, 6.07) is 13.1. The number of rotatable bonds is 7. The molecule has 7 nitrogen and oxygen atoms in total. The van der Waals surface area contributed by atoms with E-state index in [-0.39, 0.29) is 17.3 Å². The lowest BCUT2D eigenvalue weighted by Crippen LogP contribution is -2.56. The van der Waals surface area contributed by atoms with E-state index in [0.29, 0.717) is 17.0 Å². The molecule has 3 N–H and O–H groups in total. The number of alkyl halides is 3. The molecule has 0 aromatic heterocycles. The minimum atomic E-state index is -1.92. The van der Waals surface area contributed by atoms with E-state index in [1.807, 2.05) is 0 Å². The van der Waals surface area contributed by atoms with Crippen molar-refractivity contribution in [2.45, 2.75) is 16.9 Å². The molecule has 0 saturated heterocycles. The van der Waals surface area contributed by atoms with Crippen molar-refractivity contribution < 1.29 is 19.1 Å². The number of anilines is 1. The Morgan fingerprint density at radius 1 is 1.06 bits per heavy atom. The van der Waals surface area contributed by atoms with Gasteiger partial charge in [0, 0.05) is 5.69 Å². The molecule has 0 radical (unpaired) electrons. The van der Waals surface area contributed by atoms with E-state index in [9.17, 15) is 9.59 Å². The number of nitrogens with one attached hydrogen (secondary N) is 3. The molecule has 0 saturated carbocycles. The SMILES string of the molecule is CCOC(=O)c1ccc(NC(=S)N[C@H](NC(=O)c2ccccc2OC)C(Cl)(Cl)Cl)cc1. The summed E-state index contributed by atoms with van der Waals surface area (Å²) in [5.74, 6) is -0.585. The Morgan fingerprint density at radius 2 is 1.71 bits per heavy atom. The second-order valence-corrected chi connectivity index (χ2v) is 8.82. The minimum absolute atomic E-state index is 0.0838. The molecule has 2 rings (SSSR count). The van der Waals surface area contributed by atoms with Crippen LogP contribution in [-0.4, -0.2) is 40.7 Å². The molecule has 166 valence electrons. The van der Waals surface area contributed by atoms with E-state index in [2.05, 4.69) is 16.0 Å². The number of halogens is 3. The fourth-order valence-electron chi connectivity index (χ4n) is 2.44. The van der Waals surface area contributed by atoms with Crippen LogP contribution in [0.5, 0.6) is 5.75 Å². The van der Waals surface area contributed by atoms with Crippen molar-refractivity contribution in [3.63, 3.8) is 0 Å². The van der Waals surface area contributed by atoms with E-state index >= 15 is 0 Å². The first-order chi connectivity index (χ1) is 14.7. The molecule has 0 aliphatic heterocycles. The van der Waals surface area contributed by atoms with Crippen LogP contribution in [-0.2, 0) is 4.74 Å². The van der Waals surface area contributed by atoms with Crippen molar-refractivity contribution in [3.05, 3.63) is 59.7 Å². The molecule has 0 spiro atoms. The van der Waals surface area contributed by atoms with E-state index < -0.39 is 21.8 Å². The van der Waals surface area contributed by atoms with Crippen molar-refractivity contribution in [3.8, 4) is 5.75 Å².